The Morgan fingerprint density at radius 2 is 1.97 bits per heavy atom. The Kier molecular flexibility index (Phi) is 6.32. The largest absolute Gasteiger partial charge is 0.416 e. The number of halogens is 3. The Hall–Kier alpha value is -2.75. The number of piperidine rings is 1. The van der Waals surface area contributed by atoms with Gasteiger partial charge in [-0.05, 0) is 54.8 Å². The lowest BCUT2D eigenvalue weighted by Crippen LogP contribution is -2.46. The van der Waals surface area contributed by atoms with Crippen molar-refractivity contribution in [2.75, 3.05) is 6.54 Å². The number of Topliss-reactive ketones (excluding diaryl/α,β-unsaturated/α-hetero) is 1. The molecule has 2 aromatic carbocycles. The molecule has 1 fully saturated rings. The van der Waals surface area contributed by atoms with Crippen LogP contribution in [0.4, 0.5) is 13.2 Å². The highest BCUT2D eigenvalue weighted by atomic mass is 19.4. The lowest BCUT2D eigenvalue weighted by molar-refractivity contribution is -0.137. The SMILES string of the molecule is O=C(C[C@H]1NCCC[C@@H]1O)Cn1c(CO)nc2ccc(-c3cccc(C(F)(F)F)c3)cc21. The lowest BCUT2D eigenvalue weighted by Gasteiger charge is -2.28. The maximum absolute atomic E-state index is 13.1. The third kappa shape index (κ3) is 4.69. The maximum Gasteiger partial charge on any atom is 0.416 e. The number of aromatic nitrogens is 2. The Bertz CT molecular complexity index is 1130. The van der Waals surface area contributed by atoms with Crippen molar-refractivity contribution in [2.45, 2.75) is 50.7 Å². The number of hydrogen-bond donors (Lipinski definition) is 3. The molecule has 0 spiro atoms. The van der Waals surface area contributed by atoms with E-state index in [1.165, 1.54) is 6.07 Å². The minimum absolute atomic E-state index is 0.0522. The molecule has 0 aliphatic carbocycles. The Balaban J connectivity index is 1.65. The first kappa shape index (κ1) is 22.4. The fourth-order valence-corrected chi connectivity index (χ4v) is 4.15. The van der Waals surface area contributed by atoms with Crippen LogP contribution in [-0.4, -0.2) is 44.2 Å². The van der Waals surface area contributed by atoms with Crippen LogP contribution in [0.15, 0.2) is 42.5 Å². The molecule has 32 heavy (non-hydrogen) atoms. The zero-order chi connectivity index (χ0) is 22.9. The van der Waals surface area contributed by atoms with Gasteiger partial charge < -0.3 is 20.1 Å². The summed E-state index contributed by atoms with van der Waals surface area (Å²) in [4.78, 5) is 17.1. The van der Waals surface area contributed by atoms with Crippen LogP contribution < -0.4 is 5.32 Å². The van der Waals surface area contributed by atoms with Gasteiger partial charge in [0.15, 0.2) is 5.78 Å². The van der Waals surface area contributed by atoms with E-state index in [1.54, 1.807) is 28.8 Å². The summed E-state index contributed by atoms with van der Waals surface area (Å²) < 4.78 is 40.9. The number of benzene rings is 2. The predicted molar refractivity (Wildman–Crippen MR) is 113 cm³/mol. The van der Waals surface area contributed by atoms with Crippen LogP contribution in [0.25, 0.3) is 22.2 Å². The van der Waals surface area contributed by atoms with Crippen molar-refractivity contribution in [1.29, 1.82) is 0 Å². The number of carbonyl (C=O) groups excluding carboxylic acids is 1. The fraction of sp³-hybridized carbons (Fsp3) is 0.391. The van der Waals surface area contributed by atoms with E-state index in [0.29, 0.717) is 34.4 Å². The van der Waals surface area contributed by atoms with Crippen LogP contribution in [0.1, 0.15) is 30.7 Å². The highest BCUT2D eigenvalue weighted by molar-refractivity contribution is 5.86. The lowest BCUT2D eigenvalue weighted by atomic mass is 9.97. The Morgan fingerprint density at radius 1 is 1.19 bits per heavy atom. The summed E-state index contributed by atoms with van der Waals surface area (Å²) in [7, 11) is 0. The van der Waals surface area contributed by atoms with Crippen molar-refractivity contribution in [2.24, 2.45) is 0 Å². The van der Waals surface area contributed by atoms with E-state index in [1.807, 2.05) is 0 Å². The number of carbonyl (C=O) groups is 1. The quantitative estimate of drug-likeness (QED) is 0.540. The molecule has 170 valence electrons. The van der Waals surface area contributed by atoms with Crippen molar-refractivity contribution in [3.63, 3.8) is 0 Å². The summed E-state index contributed by atoms with van der Waals surface area (Å²) in [5.74, 6) is 0.161. The third-order valence-electron chi connectivity index (χ3n) is 5.82. The maximum atomic E-state index is 13.1. The topological polar surface area (TPSA) is 87.4 Å². The van der Waals surface area contributed by atoms with Gasteiger partial charge in [-0.25, -0.2) is 4.98 Å². The van der Waals surface area contributed by atoms with E-state index in [9.17, 15) is 28.2 Å². The molecule has 3 aromatic rings. The first-order valence-corrected chi connectivity index (χ1v) is 10.5. The molecule has 0 bridgehead atoms. The van der Waals surface area contributed by atoms with Crippen molar-refractivity contribution >= 4 is 16.8 Å². The minimum Gasteiger partial charge on any atom is -0.391 e. The molecule has 4 rings (SSSR count). The molecule has 6 nitrogen and oxygen atoms in total. The highest BCUT2D eigenvalue weighted by Gasteiger charge is 2.30. The molecule has 2 heterocycles. The number of nitrogens with one attached hydrogen (secondary N) is 1. The average Bonchev–Trinajstić information content (AvgIpc) is 3.11. The minimum atomic E-state index is -4.45. The molecule has 3 N–H and O–H groups in total. The van der Waals surface area contributed by atoms with E-state index in [4.69, 9.17) is 0 Å². The summed E-state index contributed by atoms with van der Waals surface area (Å²) in [6.07, 6.45) is -3.40. The summed E-state index contributed by atoms with van der Waals surface area (Å²) >= 11 is 0. The summed E-state index contributed by atoms with van der Waals surface area (Å²) in [6, 6.07) is 9.73. The zero-order valence-corrected chi connectivity index (χ0v) is 17.3. The van der Waals surface area contributed by atoms with Crippen LogP contribution >= 0.6 is 0 Å². The summed E-state index contributed by atoms with van der Waals surface area (Å²) in [5.41, 5.74) is 1.28. The van der Waals surface area contributed by atoms with E-state index in [2.05, 4.69) is 10.3 Å². The van der Waals surface area contributed by atoms with Gasteiger partial charge >= 0.3 is 6.18 Å². The predicted octanol–water partition coefficient (Wildman–Crippen LogP) is 3.29. The molecule has 0 saturated carbocycles. The molecule has 0 amide bonds. The number of aliphatic hydroxyl groups excluding tert-OH is 2. The average molecular weight is 447 g/mol. The van der Waals surface area contributed by atoms with Gasteiger partial charge in [0.25, 0.3) is 0 Å². The number of imidazole rings is 1. The molecule has 1 aliphatic heterocycles. The zero-order valence-electron chi connectivity index (χ0n) is 17.3. The van der Waals surface area contributed by atoms with Crippen LogP contribution in [0, 0.1) is 0 Å². The molecular formula is C23H24F3N3O3. The molecule has 0 unspecified atom stereocenters. The van der Waals surface area contributed by atoms with Gasteiger partial charge in [-0.1, -0.05) is 18.2 Å². The molecule has 9 heteroatoms. The Morgan fingerprint density at radius 3 is 2.69 bits per heavy atom. The van der Waals surface area contributed by atoms with Gasteiger partial charge in [0.1, 0.15) is 12.4 Å². The third-order valence-corrected chi connectivity index (χ3v) is 5.82. The fourth-order valence-electron chi connectivity index (χ4n) is 4.15. The van der Waals surface area contributed by atoms with Gasteiger partial charge in [-0.2, -0.15) is 13.2 Å². The van der Waals surface area contributed by atoms with Crippen molar-refractivity contribution < 1.29 is 28.2 Å². The molecule has 1 aliphatic rings. The van der Waals surface area contributed by atoms with Gasteiger partial charge in [0.05, 0.1) is 29.2 Å². The van der Waals surface area contributed by atoms with Crippen LogP contribution in [-0.2, 0) is 24.1 Å². The monoisotopic (exact) mass is 447 g/mol. The second-order valence-corrected chi connectivity index (χ2v) is 8.07. The molecule has 0 radical (unpaired) electrons. The molecular weight excluding hydrogens is 423 g/mol. The number of ketones is 1. The smallest absolute Gasteiger partial charge is 0.391 e. The van der Waals surface area contributed by atoms with Gasteiger partial charge in [0.2, 0.25) is 0 Å². The number of rotatable bonds is 6. The first-order chi connectivity index (χ1) is 15.3. The van der Waals surface area contributed by atoms with Crippen LogP contribution in [0.3, 0.4) is 0 Å². The van der Waals surface area contributed by atoms with Crippen molar-refractivity contribution in [3.8, 4) is 11.1 Å². The first-order valence-electron chi connectivity index (χ1n) is 10.5. The van der Waals surface area contributed by atoms with Gasteiger partial charge in [-0.3, -0.25) is 4.79 Å². The van der Waals surface area contributed by atoms with E-state index in [-0.39, 0.29) is 31.4 Å². The van der Waals surface area contributed by atoms with Crippen molar-refractivity contribution in [1.82, 2.24) is 14.9 Å². The standard InChI is InChI=1S/C23H24F3N3O3/c24-23(25,26)16-4-1-3-14(9-16)15-6-7-18-20(10-15)29(22(13-30)28-18)12-17(31)11-19-21(32)5-2-8-27-19/h1,3-4,6-7,9-10,19,21,27,30,32H,2,5,8,11-13H2/t19-,21+/m1/s1. The van der Waals surface area contributed by atoms with Crippen LogP contribution in [0.2, 0.25) is 0 Å². The second kappa shape index (κ2) is 9.01. The molecule has 2 atom stereocenters. The number of fused-ring (bicyclic) bond motifs is 1. The number of nitrogens with zero attached hydrogens (tertiary/aromatic N) is 2. The number of hydrogen-bond acceptors (Lipinski definition) is 5. The summed E-state index contributed by atoms with van der Waals surface area (Å²) in [6.45, 7) is 0.305. The van der Waals surface area contributed by atoms with E-state index < -0.39 is 17.8 Å². The highest BCUT2D eigenvalue weighted by Crippen LogP contribution is 2.33. The van der Waals surface area contributed by atoms with Gasteiger partial charge in [-0.15, -0.1) is 0 Å². The van der Waals surface area contributed by atoms with Crippen LogP contribution in [0.5, 0.6) is 0 Å². The van der Waals surface area contributed by atoms with Crippen molar-refractivity contribution in [3.05, 3.63) is 53.9 Å². The Labute approximate surface area is 182 Å². The van der Waals surface area contributed by atoms with Gasteiger partial charge in [0, 0.05) is 12.5 Å². The summed E-state index contributed by atoms with van der Waals surface area (Å²) in [5, 5.41) is 23.0. The normalized spacial score (nSPS) is 19.4. The number of alkyl halides is 3. The molecule has 1 aromatic heterocycles. The second-order valence-electron chi connectivity index (χ2n) is 8.07. The number of aliphatic hydroxyl groups is 2. The van der Waals surface area contributed by atoms with E-state index >= 15 is 0 Å². The molecule has 1 saturated heterocycles. The van der Waals surface area contributed by atoms with E-state index in [0.717, 1.165) is 25.1 Å².